The third-order valence-electron chi connectivity index (χ3n) is 6.58. The second-order valence-electron chi connectivity index (χ2n) is 10.8. The monoisotopic (exact) mass is 524 g/mol. The number of aromatic nitrogens is 3. The molecule has 37 heavy (non-hydrogen) atoms. The molecule has 0 saturated carbocycles. The summed E-state index contributed by atoms with van der Waals surface area (Å²) >= 11 is 6.76. The van der Waals surface area contributed by atoms with Crippen molar-refractivity contribution in [3.8, 4) is 11.3 Å². The lowest BCUT2D eigenvalue weighted by molar-refractivity contribution is -0.128. The molecule has 0 N–H and O–H groups in total. The fourth-order valence-electron chi connectivity index (χ4n) is 4.86. The summed E-state index contributed by atoms with van der Waals surface area (Å²) in [5.41, 5.74) is 1.77. The average Bonchev–Trinajstić information content (AvgIpc) is 2.84. The minimum absolute atomic E-state index is 0.0241. The number of benzene rings is 1. The van der Waals surface area contributed by atoms with Crippen LogP contribution < -0.4 is 10.5 Å². The predicted molar refractivity (Wildman–Crippen MR) is 147 cm³/mol. The van der Waals surface area contributed by atoms with Crippen molar-refractivity contribution >= 4 is 34.4 Å². The van der Waals surface area contributed by atoms with Gasteiger partial charge in [0.15, 0.2) is 0 Å². The molecule has 0 aliphatic carbocycles. The van der Waals surface area contributed by atoms with E-state index in [9.17, 15) is 9.18 Å². The number of piperazine rings is 1. The van der Waals surface area contributed by atoms with Crippen molar-refractivity contribution in [2.75, 3.05) is 25.0 Å². The van der Waals surface area contributed by atoms with Gasteiger partial charge in [-0.15, -0.1) is 0 Å². The van der Waals surface area contributed by atoms with Crippen LogP contribution in [0.5, 0.6) is 0 Å². The molecule has 9 heteroatoms. The zero-order valence-corrected chi connectivity index (χ0v) is 23.1. The van der Waals surface area contributed by atoms with E-state index in [4.69, 9.17) is 21.6 Å². The van der Waals surface area contributed by atoms with Gasteiger partial charge < -0.3 is 9.80 Å². The highest BCUT2D eigenvalue weighted by molar-refractivity contribution is 6.33. The third-order valence-corrected chi connectivity index (χ3v) is 6.87. The normalized spacial score (nSPS) is 19.0. The van der Waals surface area contributed by atoms with Gasteiger partial charge in [-0.3, -0.25) is 14.4 Å². The maximum Gasteiger partial charge on any atom is 0.246 e. The number of anilines is 1. The molecule has 1 aromatic carbocycles. The summed E-state index contributed by atoms with van der Waals surface area (Å²) in [4.78, 5) is 30.8. The Bertz CT molecular complexity index is 1430. The van der Waals surface area contributed by atoms with Crippen LogP contribution in [0.3, 0.4) is 0 Å². The van der Waals surface area contributed by atoms with Gasteiger partial charge >= 0.3 is 0 Å². The number of amides is 1. The molecule has 0 radical (unpaired) electrons. The van der Waals surface area contributed by atoms with E-state index in [-0.39, 0.29) is 23.4 Å². The second-order valence-corrected chi connectivity index (χ2v) is 11.2. The average molecular weight is 525 g/mol. The van der Waals surface area contributed by atoms with Gasteiger partial charge in [-0.25, -0.2) is 9.37 Å². The number of nitrogens with zero attached hydrogens (tertiary/aromatic N) is 6. The van der Waals surface area contributed by atoms with Crippen LogP contribution >= 0.6 is 11.6 Å². The van der Waals surface area contributed by atoms with Gasteiger partial charge in [0.05, 0.1) is 16.1 Å². The van der Waals surface area contributed by atoms with Crippen LogP contribution in [-0.2, 0) is 11.3 Å². The van der Waals surface area contributed by atoms with Crippen LogP contribution in [0.25, 0.3) is 22.3 Å². The first-order valence-electron chi connectivity index (χ1n) is 12.4. The number of carbonyl (C=O) groups is 1. The lowest BCUT2D eigenvalue weighted by Crippen LogP contribution is -2.58. The number of fused-ring (bicyclic) bond motifs is 1. The third kappa shape index (κ3) is 5.25. The van der Waals surface area contributed by atoms with Crippen molar-refractivity contribution in [2.24, 2.45) is 10.4 Å². The first kappa shape index (κ1) is 26.8. The molecule has 0 spiro atoms. The van der Waals surface area contributed by atoms with Gasteiger partial charge in [-0.05, 0) is 43.5 Å². The molecule has 4 rings (SSSR count). The molecular weight excluding hydrogens is 491 g/mol. The number of rotatable bonds is 4. The van der Waals surface area contributed by atoms with E-state index in [2.05, 4.69) is 44.2 Å². The van der Waals surface area contributed by atoms with Crippen LogP contribution in [0, 0.1) is 11.2 Å². The number of hydrogen-bond acceptors (Lipinski definition) is 5. The van der Waals surface area contributed by atoms with Crippen LogP contribution in [0.4, 0.5) is 10.2 Å². The standard InChI is InChI=1S/C28H34ClFN6O/c1-8-23(37)34-14-18(3)35(15-17(34)2)26-20-13-21(29)24(19-11-9-10-12-22(19)30)32-25(20)36(16-28(4,5)6)27(31-7)33-26/h8-13,17-18H,1,14-16H2,2-7H3/b31-27+/t17-,18+/m1/s1. The highest BCUT2D eigenvalue weighted by Gasteiger charge is 2.33. The summed E-state index contributed by atoms with van der Waals surface area (Å²) in [6.07, 6.45) is 1.35. The number of pyridine rings is 1. The van der Waals surface area contributed by atoms with E-state index in [1.165, 1.54) is 12.1 Å². The van der Waals surface area contributed by atoms with Gasteiger partial charge in [-0.1, -0.05) is 51.1 Å². The second kappa shape index (κ2) is 10.2. The van der Waals surface area contributed by atoms with Gasteiger partial charge in [0, 0.05) is 44.3 Å². The summed E-state index contributed by atoms with van der Waals surface area (Å²) in [5.74, 6) is 0.218. The molecule has 2 aromatic heterocycles. The van der Waals surface area contributed by atoms with E-state index in [1.54, 1.807) is 25.2 Å². The zero-order chi connectivity index (χ0) is 27.1. The predicted octanol–water partition coefficient (Wildman–Crippen LogP) is 5.08. The highest BCUT2D eigenvalue weighted by Crippen LogP contribution is 2.35. The lowest BCUT2D eigenvalue weighted by Gasteiger charge is -2.44. The topological polar surface area (TPSA) is 66.6 Å². The van der Waals surface area contributed by atoms with Crippen LogP contribution in [0.2, 0.25) is 5.02 Å². The fraction of sp³-hybridized carbons (Fsp3) is 0.429. The summed E-state index contributed by atoms with van der Waals surface area (Å²) in [6.45, 7) is 15.8. The van der Waals surface area contributed by atoms with Crippen molar-refractivity contribution < 1.29 is 9.18 Å². The van der Waals surface area contributed by atoms with Crippen molar-refractivity contribution in [2.45, 2.75) is 53.2 Å². The Hall–Kier alpha value is -3.26. The van der Waals surface area contributed by atoms with Gasteiger partial charge in [0.25, 0.3) is 0 Å². The molecule has 1 aliphatic rings. The molecule has 0 bridgehead atoms. The largest absolute Gasteiger partial charge is 0.349 e. The number of hydrogen-bond donors (Lipinski definition) is 0. The van der Waals surface area contributed by atoms with E-state index in [0.29, 0.717) is 53.0 Å². The highest BCUT2D eigenvalue weighted by atomic mass is 35.5. The Labute approximate surface area is 222 Å². The SMILES string of the molecule is C=CC(=O)N1C[C@H](C)N(c2n/c(=N\C)n(CC(C)(C)C)c3nc(-c4ccccc4F)c(Cl)cc23)C[C@H]1C. The zero-order valence-electron chi connectivity index (χ0n) is 22.3. The molecule has 3 heterocycles. The lowest BCUT2D eigenvalue weighted by atomic mass is 9.97. The molecule has 0 unspecified atom stereocenters. The quantitative estimate of drug-likeness (QED) is 0.446. The Morgan fingerprint density at radius 1 is 1.22 bits per heavy atom. The molecule has 196 valence electrons. The molecule has 1 fully saturated rings. The van der Waals surface area contributed by atoms with Gasteiger partial charge in [-0.2, -0.15) is 4.98 Å². The molecular formula is C28H34ClFN6O. The van der Waals surface area contributed by atoms with E-state index in [1.807, 2.05) is 22.5 Å². The van der Waals surface area contributed by atoms with Gasteiger partial charge in [0.2, 0.25) is 11.5 Å². The van der Waals surface area contributed by atoms with Crippen molar-refractivity contribution in [1.82, 2.24) is 19.4 Å². The Balaban J connectivity index is 1.98. The summed E-state index contributed by atoms with van der Waals surface area (Å²) in [7, 11) is 1.71. The maximum absolute atomic E-state index is 14.8. The number of halogens is 2. The smallest absolute Gasteiger partial charge is 0.246 e. The molecule has 1 amide bonds. The van der Waals surface area contributed by atoms with E-state index < -0.39 is 5.82 Å². The molecule has 2 atom stereocenters. The maximum atomic E-state index is 14.8. The number of carbonyl (C=O) groups excluding carboxylic acids is 1. The van der Waals surface area contributed by atoms with Crippen molar-refractivity contribution in [3.63, 3.8) is 0 Å². The van der Waals surface area contributed by atoms with Crippen molar-refractivity contribution in [1.29, 1.82) is 0 Å². The molecule has 1 aliphatic heterocycles. The van der Waals surface area contributed by atoms with Crippen LogP contribution in [0.15, 0.2) is 48.0 Å². The van der Waals surface area contributed by atoms with Crippen LogP contribution in [-0.4, -0.2) is 57.6 Å². The minimum Gasteiger partial charge on any atom is -0.349 e. The Kier molecular flexibility index (Phi) is 7.42. The van der Waals surface area contributed by atoms with E-state index in [0.717, 1.165) is 5.39 Å². The first-order chi connectivity index (χ1) is 17.4. The summed E-state index contributed by atoms with van der Waals surface area (Å²) in [5, 5.41) is 1.09. The van der Waals surface area contributed by atoms with Crippen molar-refractivity contribution in [3.05, 3.63) is 59.4 Å². The molecule has 7 nitrogen and oxygen atoms in total. The molecule has 3 aromatic rings. The minimum atomic E-state index is -0.390. The summed E-state index contributed by atoms with van der Waals surface area (Å²) < 4.78 is 16.8. The molecule has 1 saturated heterocycles. The first-order valence-corrected chi connectivity index (χ1v) is 12.8. The van der Waals surface area contributed by atoms with Gasteiger partial charge in [0.1, 0.15) is 17.3 Å². The van der Waals surface area contributed by atoms with Crippen LogP contribution in [0.1, 0.15) is 34.6 Å². The Morgan fingerprint density at radius 3 is 2.54 bits per heavy atom. The Morgan fingerprint density at radius 2 is 1.92 bits per heavy atom. The fourth-order valence-corrected chi connectivity index (χ4v) is 5.11. The summed E-state index contributed by atoms with van der Waals surface area (Å²) in [6, 6.07) is 8.23. The van der Waals surface area contributed by atoms with E-state index >= 15 is 0 Å².